The van der Waals surface area contributed by atoms with Crippen molar-refractivity contribution in [3.05, 3.63) is 93.8 Å². The van der Waals surface area contributed by atoms with Crippen molar-refractivity contribution >= 4 is 17.1 Å². The van der Waals surface area contributed by atoms with Crippen LogP contribution in [0, 0.1) is 18.6 Å². The maximum atomic E-state index is 13.6. The van der Waals surface area contributed by atoms with Crippen LogP contribution in [0.4, 0.5) is 22.0 Å². The summed E-state index contributed by atoms with van der Waals surface area (Å²) in [6.45, 7) is 1.78. The van der Waals surface area contributed by atoms with E-state index in [0.717, 1.165) is 23.8 Å². The summed E-state index contributed by atoms with van der Waals surface area (Å²) >= 11 is 0. The molecule has 0 bridgehead atoms. The monoisotopic (exact) mass is 511 g/mol. The topological polar surface area (TPSA) is 62.2 Å². The van der Waals surface area contributed by atoms with Crippen LogP contribution in [0.15, 0.2) is 48.5 Å². The van der Waals surface area contributed by atoms with Gasteiger partial charge in [0.25, 0.3) is 0 Å². The molecule has 0 saturated heterocycles. The Kier molecular flexibility index (Phi) is 8.59. The molecule has 3 aromatic rings. The number of benzene rings is 2. The molecule has 182 valence electrons. The van der Waals surface area contributed by atoms with E-state index in [1.165, 1.54) is 6.07 Å². The molecular weight excluding hydrogens is 492 g/mol. The van der Waals surface area contributed by atoms with Crippen molar-refractivity contribution in [1.82, 2.24) is 4.98 Å². The van der Waals surface area contributed by atoms with Crippen LogP contribution in [0.2, 0.25) is 0 Å². The van der Waals surface area contributed by atoms with E-state index in [1.54, 1.807) is 12.1 Å². The van der Waals surface area contributed by atoms with Gasteiger partial charge >= 0.3 is 35.7 Å². The average molecular weight is 511 g/mol. The fraction of sp³-hybridized carbons (Fsp3) is 0.231. The average Bonchev–Trinajstić information content (AvgIpc) is 3.29. The Morgan fingerprint density at radius 2 is 1.72 bits per heavy atom. The zero-order chi connectivity index (χ0) is 25.3. The van der Waals surface area contributed by atoms with Crippen LogP contribution in [0.3, 0.4) is 0 Å². The van der Waals surface area contributed by atoms with Gasteiger partial charge in [0.1, 0.15) is 12.4 Å². The van der Waals surface area contributed by atoms with E-state index >= 15 is 0 Å². The van der Waals surface area contributed by atoms with Crippen molar-refractivity contribution < 1.29 is 66.1 Å². The van der Waals surface area contributed by atoms with E-state index in [4.69, 9.17) is 4.74 Å². The Balaban J connectivity index is 0.00000361. The number of pyridine rings is 1. The van der Waals surface area contributed by atoms with Gasteiger partial charge in [-0.3, -0.25) is 0 Å². The number of nitrogens with zero attached hydrogens (tertiary/aromatic N) is 1. The molecule has 1 heterocycles. The van der Waals surface area contributed by atoms with Crippen LogP contribution in [-0.4, -0.2) is 11.0 Å². The molecule has 1 aliphatic carbocycles. The molecule has 0 N–H and O–H groups in total. The standard InChI is InChI=1S/C26H20F5NO3.Na/c1-14-5-8-24(35-13-15-6-7-20(27)21(28)10-15)19(9-14)17-3-2-4-18(17)22-11-16(26(29,30)31)12-23(32-22)25(33)34;/h5-12H,2-4,13H2,1H3,(H,33,34);/q;+1/p-1. The minimum Gasteiger partial charge on any atom is -0.543 e. The Bertz CT molecular complexity index is 1340. The fourth-order valence-electron chi connectivity index (χ4n) is 4.07. The molecule has 36 heavy (non-hydrogen) atoms. The minimum atomic E-state index is -4.76. The first kappa shape index (κ1) is 27.8. The molecule has 0 fully saturated rings. The third-order valence-corrected chi connectivity index (χ3v) is 5.73. The predicted octanol–water partition coefficient (Wildman–Crippen LogP) is 2.73. The number of rotatable bonds is 6. The number of carboxylic acid groups (broad SMARTS) is 1. The van der Waals surface area contributed by atoms with Gasteiger partial charge in [-0.15, -0.1) is 0 Å². The SMILES string of the molecule is Cc1ccc(OCc2ccc(F)c(F)c2)c(C2=C(c3cc(C(F)(F)F)cc(C(=O)[O-])n3)CCC2)c1.[Na+]. The minimum absolute atomic E-state index is 0. The molecule has 0 spiro atoms. The maximum absolute atomic E-state index is 13.6. The Morgan fingerprint density at radius 3 is 2.39 bits per heavy atom. The summed E-state index contributed by atoms with van der Waals surface area (Å²) in [5.74, 6) is -3.38. The summed E-state index contributed by atoms with van der Waals surface area (Å²) < 4.78 is 72.9. The molecule has 0 radical (unpaired) electrons. The first-order valence-corrected chi connectivity index (χ1v) is 10.7. The largest absolute Gasteiger partial charge is 1.00 e. The predicted molar refractivity (Wildman–Crippen MR) is 116 cm³/mol. The van der Waals surface area contributed by atoms with E-state index < -0.39 is 35.0 Å². The molecule has 2 aromatic carbocycles. The number of alkyl halides is 3. The summed E-state index contributed by atoms with van der Waals surface area (Å²) in [6.07, 6.45) is -3.23. The second kappa shape index (κ2) is 11.1. The van der Waals surface area contributed by atoms with Crippen LogP contribution in [-0.2, 0) is 12.8 Å². The second-order valence-corrected chi connectivity index (χ2v) is 8.26. The number of aromatic carboxylic acids is 1. The zero-order valence-corrected chi connectivity index (χ0v) is 21.5. The van der Waals surface area contributed by atoms with Crippen molar-refractivity contribution in [1.29, 1.82) is 0 Å². The van der Waals surface area contributed by atoms with Crippen LogP contribution in [0.25, 0.3) is 11.1 Å². The van der Waals surface area contributed by atoms with Crippen molar-refractivity contribution in [2.75, 3.05) is 0 Å². The van der Waals surface area contributed by atoms with Crippen LogP contribution in [0.5, 0.6) is 5.75 Å². The third-order valence-electron chi connectivity index (χ3n) is 5.73. The molecular formula is C26H19F5NNaO3. The molecule has 0 saturated carbocycles. The number of carbonyl (C=O) groups is 1. The van der Waals surface area contributed by atoms with Gasteiger partial charge in [-0.05, 0) is 79.3 Å². The van der Waals surface area contributed by atoms with Gasteiger partial charge < -0.3 is 14.6 Å². The fourth-order valence-corrected chi connectivity index (χ4v) is 4.07. The summed E-state index contributed by atoms with van der Waals surface area (Å²) in [6, 6.07) is 10.00. The third kappa shape index (κ3) is 6.14. The van der Waals surface area contributed by atoms with Crippen LogP contribution in [0.1, 0.15) is 57.7 Å². The van der Waals surface area contributed by atoms with Gasteiger partial charge in [0.15, 0.2) is 11.6 Å². The molecule has 0 unspecified atom stereocenters. The maximum Gasteiger partial charge on any atom is 1.00 e. The quantitative estimate of drug-likeness (QED) is 0.377. The molecule has 0 atom stereocenters. The number of carbonyl (C=O) groups excluding carboxylic acids is 1. The van der Waals surface area contributed by atoms with Crippen molar-refractivity contribution in [3.63, 3.8) is 0 Å². The summed E-state index contributed by atoms with van der Waals surface area (Å²) in [5, 5.41) is 11.3. The second-order valence-electron chi connectivity index (χ2n) is 8.26. The number of allylic oxidation sites excluding steroid dienone is 2. The number of hydrogen-bond donors (Lipinski definition) is 0. The molecule has 1 aromatic heterocycles. The molecule has 1 aliphatic rings. The molecule has 10 heteroatoms. The summed E-state index contributed by atoms with van der Waals surface area (Å²) in [7, 11) is 0. The van der Waals surface area contributed by atoms with Gasteiger partial charge in [-0.2, -0.15) is 13.2 Å². The van der Waals surface area contributed by atoms with E-state index in [-0.39, 0.29) is 41.9 Å². The Labute approximate surface area is 226 Å². The van der Waals surface area contributed by atoms with Gasteiger partial charge in [-0.25, -0.2) is 13.8 Å². The number of aromatic nitrogens is 1. The number of carboxylic acids is 1. The van der Waals surface area contributed by atoms with Crippen LogP contribution < -0.4 is 39.4 Å². The summed E-state index contributed by atoms with van der Waals surface area (Å²) in [5.41, 5.74) is 1.05. The van der Waals surface area contributed by atoms with Gasteiger partial charge in [0.05, 0.1) is 22.9 Å². The number of halogens is 5. The van der Waals surface area contributed by atoms with Crippen molar-refractivity contribution in [3.8, 4) is 5.75 Å². The van der Waals surface area contributed by atoms with Gasteiger partial charge in [0.2, 0.25) is 0 Å². The Morgan fingerprint density at radius 1 is 1.00 bits per heavy atom. The normalized spacial score (nSPS) is 13.5. The summed E-state index contributed by atoms with van der Waals surface area (Å²) in [4.78, 5) is 15.3. The Hall–Kier alpha value is -2.75. The molecule has 4 rings (SSSR count). The van der Waals surface area contributed by atoms with Crippen molar-refractivity contribution in [2.24, 2.45) is 0 Å². The smallest absolute Gasteiger partial charge is 0.543 e. The molecule has 0 aliphatic heterocycles. The van der Waals surface area contributed by atoms with Gasteiger partial charge in [0, 0.05) is 5.56 Å². The van der Waals surface area contributed by atoms with E-state index in [1.807, 2.05) is 13.0 Å². The first-order chi connectivity index (χ1) is 16.5. The van der Waals surface area contributed by atoms with E-state index in [0.29, 0.717) is 53.4 Å². The number of ether oxygens (including phenoxy) is 1. The van der Waals surface area contributed by atoms with E-state index in [9.17, 15) is 31.9 Å². The van der Waals surface area contributed by atoms with Crippen molar-refractivity contribution in [2.45, 2.75) is 39.0 Å². The zero-order valence-electron chi connectivity index (χ0n) is 19.5. The van der Waals surface area contributed by atoms with Gasteiger partial charge in [-0.1, -0.05) is 17.7 Å². The number of hydrogen-bond acceptors (Lipinski definition) is 4. The van der Waals surface area contributed by atoms with E-state index in [2.05, 4.69) is 4.98 Å². The number of aryl methyl sites for hydroxylation is 1. The molecule has 0 amide bonds. The molecule has 4 nitrogen and oxygen atoms in total. The van der Waals surface area contributed by atoms with Crippen LogP contribution >= 0.6 is 0 Å². The first-order valence-electron chi connectivity index (χ1n) is 10.7.